The highest BCUT2D eigenvalue weighted by molar-refractivity contribution is 7.09. The zero-order chi connectivity index (χ0) is 19.1. The standard InChI is InChI=1S/C19H30N4O3S/c1-23(2)17(24)13-22-18(21-12-16-7-6-10-27-16)20-11-15-14-25-19(26-15)8-4-3-5-9-19/h6-7,10,15H,3-5,8-9,11-14H2,1-2H3,(H2,20,21,22). The van der Waals surface area contributed by atoms with Gasteiger partial charge in [-0.15, -0.1) is 11.3 Å². The van der Waals surface area contributed by atoms with Gasteiger partial charge in [-0.25, -0.2) is 4.99 Å². The van der Waals surface area contributed by atoms with Gasteiger partial charge in [0.15, 0.2) is 11.7 Å². The molecule has 8 heteroatoms. The van der Waals surface area contributed by atoms with Gasteiger partial charge in [0.1, 0.15) is 12.6 Å². The predicted octanol–water partition coefficient (Wildman–Crippen LogP) is 1.95. The van der Waals surface area contributed by atoms with Crippen LogP contribution in [0.1, 0.15) is 37.0 Å². The quantitative estimate of drug-likeness (QED) is 0.570. The molecular formula is C19H30N4O3S. The second kappa shape index (κ2) is 9.52. The van der Waals surface area contributed by atoms with Gasteiger partial charge >= 0.3 is 0 Å². The van der Waals surface area contributed by atoms with Gasteiger partial charge in [0.25, 0.3) is 0 Å². The summed E-state index contributed by atoms with van der Waals surface area (Å²) in [5.74, 6) is 0.216. The molecule has 0 radical (unpaired) electrons. The lowest BCUT2D eigenvalue weighted by molar-refractivity contribution is -0.186. The molecule has 1 saturated carbocycles. The fourth-order valence-corrected chi connectivity index (χ4v) is 3.97. The molecule has 0 aromatic carbocycles. The summed E-state index contributed by atoms with van der Waals surface area (Å²) in [6, 6.07) is 4.09. The molecule has 1 atom stereocenters. The first kappa shape index (κ1) is 20.1. The van der Waals surface area contributed by atoms with Crippen molar-refractivity contribution in [2.45, 2.75) is 50.5 Å². The van der Waals surface area contributed by atoms with Crippen LogP contribution in [0.15, 0.2) is 22.5 Å². The number of thiophene rings is 1. The third kappa shape index (κ3) is 5.92. The van der Waals surface area contributed by atoms with Gasteiger partial charge < -0.3 is 25.0 Å². The monoisotopic (exact) mass is 394 g/mol. The van der Waals surface area contributed by atoms with Gasteiger partial charge in [-0.05, 0) is 24.3 Å². The third-order valence-electron chi connectivity index (χ3n) is 4.91. The molecule has 1 aromatic heterocycles. The van der Waals surface area contributed by atoms with E-state index in [4.69, 9.17) is 9.47 Å². The molecule has 1 aromatic rings. The van der Waals surface area contributed by atoms with Crippen molar-refractivity contribution >= 4 is 23.2 Å². The van der Waals surface area contributed by atoms with E-state index >= 15 is 0 Å². The molecule has 1 aliphatic heterocycles. The molecule has 2 aliphatic rings. The summed E-state index contributed by atoms with van der Waals surface area (Å²) >= 11 is 1.69. The van der Waals surface area contributed by atoms with Gasteiger partial charge in [0.2, 0.25) is 5.91 Å². The zero-order valence-electron chi connectivity index (χ0n) is 16.2. The van der Waals surface area contributed by atoms with Crippen molar-refractivity contribution in [2.24, 2.45) is 4.99 Å². The Balaban J connectivity index is 1.52. The topological polar surface area (TPSA) is 75.2 Å². The predicted molar refractivity (Wildman–Crippen MR) is 107 cm³/mol. The normalized spacial score (nSPS) is 22.0. The number of nitrogens with zero attached hydrogens (tertiary/aromatic N) is 2. The molecule has 27 heavy (non-hydrogen) atoms. The number of ether oxygens (including phenoxy) is 2. The average Bonchev–Trinajstić information content (AvgIpc) is 3.32. The summed E-state index contributed by atoms with van der Waals surface area (Å²) in [4.78, 5) is 19.0. The fraction of sp³-hybridized carbons (Fsp3) is 0.684. The number of nitrogens with one attached hydrogen (secondary N) is 2. The van der Waals surface area contributed by atoms with Crippen LogP contribution in [0.4, 0.5) is 0 Å². The van der Waals surface area contributed by atoms with Gasteiger partial charge in [-0.1, -0.05) is 12.5 Å². The van der Waals surface area contributed by atoms with Crippen molar-refractivity contribution in [1.29, 1.82) is 0 Å². The Morgan fingerprint density at radius 2 is 2.15 bits per heavy atom. The summed E-state index contributed by atoms with van der Waals surface area (Å²) in [6.07, 6.45) is 5.57. The molecule has 1 amide bonds. The van der Waals surface area contributed by atoms with Crippen molar-refractivity contribution in [3.63, 3.8) is 0 Å². The molecule has 1 saturated heterocycles. The fourth-order valence-electron chi connectivity index (χ4n) is 3.33. The minimum absolute atomic E-state index is 0.00129. The highest BCUT2D eigenvalue weighted by atomic mass is 32.1. The second-order valence-electron chi connectivity index (χ2n) is 7.29. The first-order valence-corrected chi connectivity index (χ1v) is 10.5. The summed E-state index contributed by atoms with van der Waals surface area (Å²) in [6.45, 7) is 1.99. The van der Waals surface area contributed by atoms with Gasteiger partial charge in [-0.3, -0.25) is 4.79 Å². The lowest BCUT2D eigenvalue weighted by Crippen LogP contribution is -2.43. The smallest absolute Gasteiger partial charge is 0.243 e. The number of carbonyl (C=O) groups is 1. The van der Waals surface area contributed by atoms with Gasteiger partial charge in [0.05, 0.1) is 13.2 Å². The number of hydrogen-bond donors (Lipinski definition) is 2. The average molecular weight is 395 g/mol. The molecule has 1 unspecified atom stereocenters. The van der Waals surface area contributed by atoms with Crippen molar-refractivity contribution in [2.75, 3.05) is 33.8 Å². The van der Waals surface area contributed by atoms with E-state index in [9.17, 15) is 4.79 Å². The van der Waals surface area contributed by atoms with E-state index in [0.29, 0.717) is 25.7 Å². The molecule has 3 rings (SSSR count). The number of aliphatic imine (C=N–C) groups is 1. The maximum atomic E-state index is 11.9. The van der Waals surface area contributed by atoms with Gasteiger partial charge in [-0.2, -0.15) is 0 Å². The van der Waals surface area contributed by atoms with E-state index in [0.717, 1.165) is 12.8 Å². The van der Waals surface area contributed by atoms with Crippen LogP contribution in [0.2, 0.25) is 0 Å². The second-order valence-corrected chi connectivity index (χ2v) is 8.32. The molecule has 2 N–H and O–H groups in total. The summed E-state index contributed by atoms with van der Waals surface area (Å²) in [5, 5.41) is 8.65. The Morgan fingerprint density at radius 1 is 1.33 bits per heavy atom. The summed E-state index contributed by atoms with van der Waals surface area (Å²) in [7, 11) is 3.47. The number of rotatable bonds is 6. The molecule has 2 heterocycles. The van der Waals surface area contributed by atoms with Crippen LogP contribution < -0.4 is 10.6 Å². The molecule has 1 aliphatic carbocycles. The number of amides is 1. The van der Waals surface area contributed by atoms with Crippen molar-refractivity contribution in [3.8, 4) is 0 Å². The minimum atomic E-state index is -0.368. The van der Waals surface area contributed by atoms with Crippen LogP contribution in [0.5, 0.6) is 0 Å². The zero-order valence-corrected chi connectivity index (χ0v) is 17.0. The Labute approximate surface area is 165 Å². The highest BCUT2D eigenvalue weighted by Gasteiger charge is 2.42. The number of hydrogen-bond acceptors (Lipinski definition) is 5. The molecule has 1 spiro atoms. The maximum Gasteiger partial charge on any atom is 0.243 e. The Morgan fingerprint density at radius 3 is 2.85 bits per heavy atom. The Hall–Kier alpha value is -1.64. The lowest BCUT2D eigenvalue weighted by Gasteiger charge is -2.31. The van der Waals surface area contributed by atoms with Gasteiger partial charge in [0, 0.05) is 38.4 Å². The van der Waals surface area contributed by atoms with Crippen LogP contribution in [-0.4, -0.2) is 62.4 Å². The highest BCUT2D eigenvalue weighted by Crippen LogP contribution is 2.37. The van der Waals surface area contributed by atoms with Crippen LogP contribution in [-0.2, 0) is 20.8 Å². The Bertz CT molecular complexity index is 627. The summed E-state index contributed by atoms with van der Waals surface area (Å²) in [5.41, 5.74) is 0. The van der Waals surface area contributed by atoms with Crippen LogP contribution in [0, 0.1) is 0 Å². The van der Waals surface area contributed by atoms with Crippen LogP contribution in [0.25, 0.3) is 0 Å². The van der Waals surface area contributed by atoms with E-state index in [2.05, 4.69) is 21.7 Å². The van der Waals surface area contributed by atoms with E-state index in [1.165, 1.54) is 24.1 Å². The molecule has 0 bridgehead atoms. The van der Waals surface area contributed by atoms with Crippen molar-refractivity contribution in [1.82, 2.24) is 15.5 Å². The molecule has 150 valence electrons. The van der Waals surface area contributed by atoms with Crippen LogP contribution >= 0.6 is 11.3 Å². The first-order chi connectivity index (χ1) is 13.1. The number of likely N-dealkylation sites (N-methyl/N-ethyl adjacent to an activating group) is 1. The maximum absolute atomic E-state index is 11.9. The van der Waals surface area contributed by atoms with Crippen molar-refractivity contribution < 1.29 is 14.3 Å². The van der Waals surface area contributed by atoms with Crippen LogP contribution in [0.3, 0.4) is 0 Å². The SMILES string of the molecule is CN(C)C(=O)CN=C(NCc1cccs1)NCC1COC2(CCCCC2)O1. The van der Waals surface area contributed by atoms with E-state index in [1.54, 1.807) is 30.3 Å². The molecule has 7 nitrogen and oxygen atoms in total. The first-order valence-electron chi connectivity index (χ1n) is 9.63. The number of carbonyl (C=O) groups excluding carboxylic acids is 1. The largest absolute Gasteiger partial charge is 0.354 e. The van der Waals surface area contributed by atoms with E-state index < -0.39 is 0 Å². The third-order valence-corrected chi connectivity index (χ3v) is 5.78. The number of guanidine groups is 1. The lowest BCUT2D eigenvalue weighted by atomic mass is 9.94. The molecular weight excluding hydrogens is 364 g/mol. The van der Waals surface area contributed by atoms with E-state index in [1.807, 2.05) is 11.4 Å². The minimum Gasteiger partial charge on any atom is -0.354 e. The van der Waals surface area contributed by atoms with E-state index in [-0.39, 0.29) is 24.3 Å². The summed E-state index contributed by atoms with van der Waals surface area (Å²) < 4.78 is 12.2. The van der Waals surface area contributed by atoms with Crippen molar-refractivity contribution in [3.05, 3.63) is 22.4 Å². The molecule has 2 fully saturated rings. The Kier molecular flexibility index (Phi) is 7.09.